The first kappa shape index (κ1) is 25.3. The molecule has 0 radical (unpaired) electrons. The predicted molar refractivity (Wildman–Crippen MR) is 135 cm³/mol. The number of hydrogen-bond acceptors (Lipinski definition) is 5. The van der Waals surface area contributed by atoms with Crippen LogP contribution in [0.4, 0.5) is 0 Å². The van der Waals surface area contributed by atoms with Crippen LogP contribution in [0.5, 0.6) is 0 Å². The molecule has 3 aliphatic heterocycles. The van der Waals surface area contributed by atoms with E-state index in [-0.39, 0.29) is 58.9 Å². The Bertz CT molecular complexity index is 928. The maximum atomic E-state index is 14.2. The number of carbonyl (C=O) groups excluding carboxylic acids is 2. The minimum Gasteiger partial charge on any atom is -0.467 e. The van der Waals surface area contributed by atoms with Crippen LogP contribution in [0.3, 0.4) is 0 Å². The van der Waals surface area contributed by atoms with Crippen LogP contribution in [0.2, 0.25) is 6.32 Å². The van der Waals surface area contributed by atoms with Crippen molar-refractivity contribution in [3.63, 3.8) is 0 Å². The fraction of sp³-hybridized carbons (Fsp3) is 0.857. The molecule has 194 valence electrons. The van der Waals surface area contributed by atoms with Gasteiger partial charge in [0.25, 0.3) is 0 Å². The number of hydrogen-bond donors (Lipinski definition) is 0. The smallest absolute Gasteiger partial charge is 0.461 e. The van der Waals surface area contributed by atoms with Gasteiger partial charge >= 0.3 is 13.1 Å². The summed E-state index contributed by atoms with van der Waals surface area (Å²) in [5.41, 5.74) is -1.45. The van der Waals surface area contributed by atoms with Crippen molar-refractivity contribution in [3.8, 4) is 0 Å². The third kappa shape index (κ3) is 3.29. The van der Waals surface area contributed by atoms with Crippen LogP contribution in [-0.2, 0) is 23.6 Å². The molecule has 3 unspecified atom stereocenters. The molecule has 3 saturated heterocycles. The highest BCUT2D eigenvalue weighted by Gasteiger charge is 2.69. The van der Waals surface area contributed by atoms with Gasteiger partial charge in [0.15, 0.2) is 0 Å². The molecule has 6 nitrogen and oxygen atoms in total. The Morgan fingerprint density at radius 3 is 2.20 bits per heavy atom. The number of carbonyl (C=O) groups is 2. The number of esters is 1. The molecule has 0 aromatic carbocycles. The monoisotopic (exact) mass is 485 g/mol. The number of methoxy groups -OCH3 is 1. The van der Waals surface area contributed by atoms with E-state index in [1.54, 1.807) is 0 Å². The van der Waals surface area contributed by atoms with Crippen LogP contribution in [-0.4, -0.2) is 53.8 Å². The molecule has 0 N–H and O–H groups in total. The minimum absolute atomic E-state index is 0.00379. The molecule has 0 aromatic heterocycles. The summed E-state index contributed by atoms with van der Waals surface area (Å²) in [5, 5.41) is 0. The minimum atomic E-state index is -0.884. The number of rotatable bonds is 5. The Balaban J connectivity index is 1.37. The van der Waals surface area contributed by atoms with Gasteiger partial charge < -0.3 is 18.9 Å². The number of fused-ring (bicyclic) bond motifs is 4. The molecule has 1 amide bonds. The summed E-state index contributed by atoms with van der Waals surface area (Å²) >= 11 is 0. The SMILES string of the molecule is COC(=O)[C@]12CC[C@H](C[C@H]1/C=C/CB1OC(C)(C)C(C)(C)O1)N2C(=O)C1CC2CCC1(C)C2(C)C. The van der Waals surface area contributed by atoms with Crippen molar-refractivity contribution in [2.24, 2.45) is 28.6 Å². The molecular weight excluding hydrogens is 441 g/mol. The topological polar surface area (TPSA) is 65.1 Å². The first-order valence-corrected chi connectivity index (χ1v) is 13.7. The van der Waals surface area contributed by atoms with E-state index in [1.807, 2.05) is 4.90 Å². The van der Waals surface area contributed by atoms with Crippen molar-refractivity contribution in [2.45, 2.75) is 116 Å². The van der Waals surface area contributed by atoms with E-state index in [9.17, 15) is 9.59 Å². The molecule has 0 spiro atoms. The number of nitrogens with zero attached hydrogens (tertiary/aromatic N) is 1. The van der Waals surface area contributed by atoms with Gasteiger partial charge in [-0.25, -0.2) is 4.79 Å². The second-order valence-corrected chi connectivity index (χ2v) is 13.7. The van der Waals surface area contributed by atoms with Gasteiger partial charge in [0.05, 0.1) is 18.3 Å². The lowest BCUT2D eigenvalue weighted by Gasteiger charge is -2.43. The van der Waals surface area contributed by atoms with Crippen molar-refractivity contribution in [3.05, 3.63) is 12.2 Å². The largest absolute Gasteiger partial charge is 0.467 e. The van der Waals surface area contributed by atoms with E-state index in [2.05, 4.69) is 60.6 Å². The molecule has 5 fully saturated rings. The third-order valence-electron chi connectivity index (χ3n) is 11.7. The molecule has 2 aliphatic carbocycles. The highest BCUT2D eigenvalue weighted by atomic mass is 16.7. The second-order valence-electron chi connectivity index (χ2n) is 13.7. The Labute approximate surface area is 211 Å². The molecule has 2 saturated carbocycles. The van der Waals surface area contributed by atoms with Crippen LogP contribution in [0, 0.1) is 28.6 Å². The van der Waals surface area contributed by atoms with E-state index >= 15 is 0 Å². The summed E-state index contributed by atoms with van der Waals surface area (Å²) in [4.78, 5) is 29.6. The van der Waals surface area contributed by atoms with Gasteiger partial charge in [-0.1, -0.05) is 32.9 Å². The summed E-state index contributed by atoms with van der Waals surface area (Å²) in [7, 11) is 1.15. The number of allylic oxidation sites excluding steroid dienone is 1. The van der Waals surface area contributed by atoms with Crippen LogP contribution in [0.25, 0.3) is 0 Å². The zero-order chi connectivity index (χ0) is 25.6. The molecule has 3 heterocycles. The standard InChI is InChI=1S/C28H44BNO5/c1-24(2)18-11-13-27(24,7)21(17-18)22(31)30-20-12-14-28(30,23(32)33-8)19(16-20)10-9-15-29-34-25(3,4)26(5,6)35-29/h9-10,18-21H,11-17H2,1-8H3/b10-9+/t18?,19-,20-,21?,27?,28+/m1/s1. The summed E-state index contributed by atoms with van der Waals surface area (Å²) in [6, 6.07) is 0.110. The van der Waals surface area contributed by atoms with Crippen LogP contribution in [0.1, 0.15) is 87.0 Å². The fourth-order valence-corrected chi connectivity index (χ4v) is 8.34. The molecule has 6 atom stereocenters. The lowest BCUT2D eigenvalue weighted by molar-refractivity contribution is -0.163. The predicted octanol–water partition coefficient (Wildman–Crippen LogP) is 5.02. The maximum Gasteiger partial charge on any atom is 0.461 e. The summed E-state index contributed by atoms with van der Waals surface area (Å²) < 4.78 is 17.7. The van der Waals surface area contributed by atoms with Crippen molar-refractivity contribution < 1.29 is 23.6 Å². The van der Waals surface area contributed by atoms with Gasteiger partial charge in [-0.2, -0.15) is 0 Å². The Morgan fingerprint density at radius 1 is 1.00 bits per heavy atom. The average molecular weight is 485 g/mol. The van der Waals surface area contributed by atoms with Crippen LogP contribution >= 0.6 is 0 Å². The van der Waals surface area contributed by atoms with Gasteiger partial charge in [-0.15, -0.1) is 0 Å². The molecule has 35 heavy (non-hydrogen) atoms. The average Bonchev–Trinajstić information content (AvgIpc) is 3.47. The zero-order valence-electron chi connectivity index (χ0n) is 23.0. The quantitative estimate of drug-likeness (QED) is 0.311. The molecule has 5 aliphatic rings. The normalized spacial score (nSPS) is 42.4. The van der Waals surface area contributed by atoms with Crippen molar-refractivity contribution in [2.75, 3.05) is 7.11 Å². The molecular formula is C28H44BNO5. The summed E-state index contributed by atoms with van der Waals surface area (Å²) in [6.45, 7) is 15.2. The van der Waals surface area contributed by atoms with E-state index in [0.29, 0.717) is 18.7 Å². The lowest BCUT2D eigenvalue weighted by Crippen LogP contribution is -2.57. The van der Waals surface area contributed by atoms with Crippen LogP contribution < -0.4 is 0 Å². The van der Waals surface area contributed by atoms with Gasteiger partial charge in [-0.05, 0) is 83.0 Å². The van der Waals surface area contributed by atoms with Crippen molar-refractivity contribution in [1.29, 1.82) is 0 Å². The maximum absolute atomic E-state index is 14.2. The van der Waals surface area contributed by atoms with Crippen LogP contribution in [0.15, 0.2) is 12.2 Å². The van der Waals surface area contributed by atoms with Crippen molar-refractivity contribution in [1.82, 2.24) is 4.90 Å². The Morgan fingerprint density at radius 2 is 1.66 bits per heavy atom. The van der Waals surface area contributed by atoms with E-state index in [0.717, 1.165) is 25.7 Å². The molecule has 0 aromatic rings. The third-order valence-corrected chi connectivity index (χ3v) is 11.7. The highest BCUT2D eigenvalue weighted by Crippen LogP contribution is 2.69. The first-order valence-electron chi connectivity index (χ1n) is 13.7. The van der Waals surface area contributed by atoms with Crippen molar-refractivity contribution >= 4 is 19.0 Å². The second kappa shape index (κ2) is 7.83. The highest BCUT2D eigenvalue weighted by molar-refractivity contribution is 6.46. The van der Waals surface area contributed by atoms with E-state index < -0.39 is 5.54 Å². The molecule has 5 rings (SSSR count). The van der Waals surface area contributed by atoms with Gasteiger partial charge in [0.2, 0.25) is 5.91 Å². The molecule has 7 heteroatoms. The Hall–Kier alpha value is -1.34. The molecule has 4 bridgehead atoms. The van der Waals surface area contributed by atoms with Gasteiger partial charge in [0, 0.05) is 24.2 Å². The zero-order valence-corrected chi connectivity index (χ0v) is 23.0. The summed E-state index contributed by atoms with van der Waals surface area (Å²) in [5.74, 6) is 0.473. The first-order chi connectivity index (χ1) is 16.2. The Kier molecular flexibility index (Phi) is 5.67. The number of ether oxygens (including phenoxy) is 1. The van der Waals surface area contributed by atoms with E-state index in [4.69, 9.17) is 14.0 Å². The summed E-state index contributed by atoms with van der Waals surface area (Å²) in [6.07, 6.45) is 10.5. The lowest BCUT2D eigenvalue weighted by atomic mass is 9.66. The number of amides is 1. The van der Waals surface area contributed by atoms with E-state index in [1.165, 1.54) is 13.5 Å². The fourth-order valence-electron chi connectivity index (χ4n) is 8.34. The van der Waals surface area contributed by atoms with Gasteiger partial charge in [0.1, 0.15) is 5.54 Å². The van der Waals surface area contributed by atoms with Gasteiger partial charge in [-0.3, -0.25) is 4.79 Å².